The number of ether oxygens (including phenoxy) is 3. The van der Waals surface area contributed by atoms with Crippen molar-refractivity contribution in [3.63, 3.8) is 0 Å². The molecule has 3 aromatic carbocycles. The second-order valence-corrected chi connectivity index (χ2v) is 7.10. The first-order valence-electron chi connectivity index (χ1n) is 9.97. The van der Waals surface area contributed by atoms with Crippen LogP contribution in [-0.4, -0.2) is 31.9 Å². The van der Waals surface area contributed by atoms with Crippen LogP contribution in [0.15, 0.2) is 66.7 Å². The number of methoxy groups -OCH3 is 2. The molecule has 0 heterocycles. The molecule has 0 saturated carbocycles. The van der Waals surface area contributed by atoms with Crippen molar-refractivity contribution in [1.29, 1.82) is 0 Å². The van der Waals surface area contributed by atoms with Crippen LogP contribution in [0.3, 0.4) is 0 Å². The summed E-state index contributed by atoms with van der Waals surface area (Å²) in [6.07, 6.45) is 0.151. The van der Waals surface area contributed by atoms with Crippen LogP contribution < -0.4 is 15.2 Å². The Morgan fingerprint density at radius 2 is 1.81 bits per heavy atom. The minimum Gasteiger partial charge on any atom is -0.496 e. The van der Waals surface area contributed by atoms with E-state index in [4.69, 9.17) is 19.9 Å². The third kappa shape index (κ3) is 5.63. The monoisotopic (exact) mass is 421 g/mol. The average Bonchev–Trinajstić information content (AvgIpc) is 2.82. The molecule has 0 aliphatic carbocycles. The summed E-state index contributed by atoms with van der Waals surface area (Å²) in [6.45, 7) is 0.199. The summed E-state index contributed by atoms with van der Waals surface area (Å²) in [4.78, 5) is 11.7. The van der Waals surface area contributed by atoms with Gasteiger partial charge in [-0.05, 0) is 41.0 Å². The highest BCUT2D eigenvalue weighted by atomic mass is 16.5. The molecule has 162 valence electrons. The highest BCUT2D eigenvalue weighted by Gasteiger charge is 2.12. The first-order valence-corrected chi connectivity index (χ1v) is 9.97. The van der Waals surface area contributed by atoms with Gasteiger partial charge in [-0.1, -0.05) is 42.5 Å². The molecule has 3 rings (SSSR count). The maximum absolute atomic E-state index is 11.7. The lowest BCUT2D eigenvalue weighted by Crippen LogP contribution is -2.14. The Morgan fingerprint density at radius 1 is 1.00 bits per heavy atom. The normalized spacial score (nSPS) is 11.6. The van der Waals surface area contributed by atoms with Gasteiger partial charge in [0.1, 0.15) is 18.1 Å². The quantitative estimate of drug-likeness (QED) is 0.513. The lowest BCUT2D eigenvalue weighted by Gasteiger charge is -2.15. The Labute approximate surface area is 182 Å². The topological polar surface area (TPSA) is 91.0 Å². The molecule has 31 heavy (non-hydrogen) atoms. The molecule has 6 heteroatoms. The maximum atomic E-state index is 11.7. The van der Waals surface area contributed by atoms with Crippen molar-refractivity contribution in [2.24, 2.45) is 5.73 Å². The predicted molar refractivity (Wildman–Crippen MR) is 119 cm³/mol. The Kier molecular flexibility index (Phi) is 7.65. The summed E-state index contributed by atoms with van der Waals surface area (Å²) in [6, 6.07) is 20.5. The van der Waals surface area contributed by atoms with Gasteiger partial charge in [0.25, 0.3) is 0 Å². The Balaban J connectivity index is 1.85. The number of benzene rings is 3. The lowest BCUT2D eigenvalue weighted by molar-refractivity contribution is -0.139. The minimum atomic E-state index is -0.441. The van der Waals surface area contributed by atoms with Gasteiger partial charge >= 0.3 is 5.97 Å². The predicted octanol–water partition coefficient (Wildman–Crippen LogP) is 3.65. The fraction of sp³-hybridized carbons (Fsp3) is 0.240. The van der Waals surface area contributed by atoms with Gasteiger partial charge in [0.2, 0.25) is 0 Å². The SMILES string of the molecule is COC(=O)Cc1ccccc1OCc1ccc(OC)c(-c2cccc(C(N)CO)c2)c1. The lowest BCUT2D eigenvalue weighted by atomic mass is 9.98. The van der Waals surface area contributed by atoms with Crippen LogP contribution >= 0.6 is 0 Å². The summed E-state index contributed by atoms with van der Waals surface area (Å²) < 4.78 is 16.3. The summed E-state index contributed by atoms with van der Waals surface area (Å²) in [5.74, 6) is 1.05. The standard InChI is InChI=1S/C25H27NO5/c1-29-24-11-10-17(12-21(24)18-7-5-8-19(13-18)22(26)15-27)16-31-23-9-4-3-6-20(23)14-25(28)30-2/h3-13,22,27H,14-16,26H2,1-2H3. The molecule has 3 N–H and O–H groups in total. The van der Waals surface area contributed by atoms with Crippen LogP contribution in [0.2, 0.25) is 0 Å². The zero-order chi connectivity index (χ0) is 22.2. The van der Waals surface area contributed by atoms with E-state index in [-0.39, 0.29) is 19.0 Å². The largest absolute Gasteiger partial charge is 0.496 e. The number of para-hydroxylation sites is 1. The van der Waals surface area contributed by atoms with E-state index < -0.39 is 6.04 Å². The molecule has 6 nitrogen and oxygen atoms in total. The fourth-order valence-corrected chi connectivity index (χ4v) is 3.29. The highest BCUT2D eigenvalue weighted by molar-refractivity contribution is 5.73. The summed E-state index contributed by atoms with van der Waals surface area (Å²) in [5.41, 5.74) is 10.4. The van der Waals surface area contributed by atoms with Gasteiger partial charge in [-0.15, -0.1) is 0 Å². The van der Waals surface area contributed by atoms with E-state index in [1.54, 1.807) is 7.11 Å². The molecule has 0 radical (unpaired) electrons. The number of aliphatic hydroxyl groups is 1. The van der Waals surface area contributed by atoms with E-state index in [0.29, 0.717) is 12.4 Å². The van der Waals surface area contributed by atoms with E-state index in [1.165, 1.54) is 7.11 Å². The summed E-state index contributed by atoms with van der Waals surface area (Å²) >= 11 is 0. The molecule has 0 bridgehead atoms. The molecule has 1 unspecified atom stereocenters. The van der Waals surface area contributed by atoms with E-state index in [1.807, 2.05) is 66.7 Å². The van der Waals surface area contributed by atoms with Gasteiger partial charge in [-0.2, -0.15) is 0 Å². The Bertz CT molecular complexity index is 1030. The van der Waals surface area contributed by atoms with Crippen molar-refractivity contribution in [3.05, 3.63) is 83.4 Å². The van der Waals surface area contributed by atoms with Crippen molar-refractivity contribution in [2.75, 3.05) is 20.8 Å². The first kappa shape index (κ1) is 22.3. The van der Waals surface area contributed by atoms with Crippen LogP contribution in [0.1, 0.15) is 22.7 Å². The number of aliphatic hydroxyl groups excluding tert-OH is 1. The van der Waals surface area contributed by atoms with Gasteiger partial charge in [0.05, 0.1) is 33.3 Å². The molecule has 0 amide bonds. The van der Waals surface area contributed by atoms with Crippen LogP contribution in [0.5, 0.6) is 11.5 Å². The molecule has 0 saturated heterocycles. The molecule has 0 spiro atoms. The molecule has 3 aromatic rings. The minimum absolute atomic E-state index is 0.126. The van der Waals surface area contributed by atoms with Crippen molar-refractivity contribution in [1.82, 2.24) is 0 Å². The average molecular weight is 421 g/mol. The van der Waals surface area contributed by atoms with Crippen molar-refractivity contribution in [2.45, 2.75) is 19.1 Å². The molecule has 0 aliphatic heterocycles. The van der Waals surface area contributed by atoms with Gasteiger partial charge in [-0.3, -0.25) is 4.79 Å². The number of esters is 1. The fourth-order valence-electron chi connectivity index (χ4n) is 3.29. The van der Waals surface area contributed by atoms with Crippen LogP contribution in [0, 0.1) is 0 Å². The van der Waals surface area contributed by atoms with Crippen LogP contribution in [0.25, 0.3) is 11.1 Å². The molecule has 0 aromatic heterocycles. The van der Waals surface area contributed by atoms with Crippen LogP contribution in [-0.2, 0) is 22.6 Å². The Morgan fingerprint density at radius 3 is 2.55 bits per heavy atom. The van der Waals surface area contributed by atoms with Crippen molar-refractivity contribution >= 4 is 5.97 Å². The maximum Gasteiger partial charge on any atom is 0.310 e. The third-order valence-electron chi connectivity index (χ3n) is 5.02. The third-order valence-corrected chi connectivity index (χ3v) is 5.02. The van der Waals surface area contributed by atoms with Gasteiger partial charge in [-0.25, -0.2) is 0 Å². The molecule has 0 fully saturated rings. The number of hydrogen-bond donors (Lipinski definition) is 2. The van der Waals surface area contributed by atoms with Gasteiger partial charge in [0, 0.05) is 11.1 Å². The second kappa shape index (κ2) is 10.6. The number of carbonyl (C=O) groups excluding carboxylic acids is 1. The Hall–Kier alpha value is -3.35. The number of rotatable bonds is 9. The highest BCUT2D eigenvalue weighted by Crippen LogP contribution is 2.32. The molecular weight excluding hydrogens is 394 g/mol. The van der Waals surface area contributed by atoms with Gasteiger partial charge in [0.15, 0.2) is 0 Å². The number of hydrogen-bond acceptors (Lipinski definition) is 6. The van der Waals surface area contributed by atoms with Crippen LogP contribution in [0.4, 0.5) is 0 Å². The number of carbonyl (C=O) groups is 1. The summed E-state index contributed by atoms with van der Waals surface area (Å²) in [5, 5.41) is 9.37. The molecular formula is C25H27NO5. The number of nitrogens with two attached hydrogens (primary N) is 1. The summed E-state index contributed by atoms with van der Waals surface area (Å²) in [7, 11) is 2.99. The van der Waals surface area contributed by atoms with E-state index in [0.717, 1.165) is 33.6 Å². The van der Waals surface area contributed by atoms with E-state index in [9.17, 15) is 9.90 Å². The van der Waals surface area contributed by atoms with E-state index in [2.05, 4.69) is 0 Å². The molecule has 1 atom stereocenters. The zero-order valence-electron chi connectivity index (χ0n) is 17.7. The molecule has 0 aliphatic rings. The van der Waals surface area contributed by atoms with Gasteiger partial charge < -0.3 is 25.1 Å². The smallest absolute Gasteiger partial charge is 0.310 e. The van der Waals surface area contributed by atoms with Crippen molar-refractivity contribution in [3.8, 4) is 22.6 Å². The zero-order valence-corrected chi connectivity index (χ0v) is 17.7. The van der Waals surface area contributed by atoms with E-state index >= 15 is 0 Å². The second-order valence-electron chi connectivity index (χ2n) is 7.10. The van der Waals surface area contributed by atoms with Crippen molar-refractivity contribution < 1.29 is 24.1 Å². The first-order chi connectivity index (χ1) is 15.0.